The van der Waals surface area contributed by atoms with E-state index in [2.05, 4.69) is 15.2 Å². The fourth-order valence-electron chi connectivity index (χ4n) is 2.48. The van der Waals surface area contributed by atoms with E-state index in [0.29, 0.717) is 18.4 Å². The van der Waals surface area contributed by atoms with Gasteiger partial charge < -0.3 is 10.2 Å². The Hall–Kier alpha value is -1.16. The molecule has 1 aromatic heterocycles. The molecule has 2 aliphatic rings. The van der Waals surface area contributed by atoms with Crippen molar-refractivity contribution in [3.8, 4) is 0 Å². The van der Waals surface area contributed by atoms with Gasteiger partial charge in [-0.1, -0.05) is 0 Å². The van der Waals surface area contributed by atoms with Gasteiger partial charge in [0, 0.05) is 37.4 Å². The summed E-state index contributed by atoms with van der Waals surface area (Å²) in [6.07, 6.45) is 7.73. The zero-order chi connectivity index (χ0) is 12.4. The molecule has 3 nitrogen and oxygen atoms in total. The molecule has 1 aliphatic carbocycles. The van der Waals surface area contributed by atoms with Crippen molar-refractivity contribution in [2.24, 2.45) is 0 Å². The van der Waals surface area contributed by atoms with Crippen LogP contribution in [-0.4, -0.2) is 24.1 Å². The summed E-state index contributed by atoms with van der Waals surface area (Å²) in [6, 6.07) is 2.40. The maximum Gasteiger partial charge on any atom is 0.170 e. The van der Waals surface area contributed by atoms with Crippen molar-refractivity contribution >= 4 is 5.82 Å². The zero-order valence-electron chi connectivity index (χ0n) is 10.7. The monoisotopic (exact) mass is 249 g/mol. The molecule has 1 saturated heterocycles. The normalized spacial score (nSPS) is 20.2. The topological polar surface area (TPSA) is 28.2 Å². The van der Waals surface area contributed by atoms with Crippen LogP contribution in [0.15, 0.2) is 12.3 Å². The number of halogens is 1. The highest BCUT2D eigenvalue weighted by molar-refractivity contribution is 5.43. The molecule has 1 N–H and O–H groups in total. The zero-order valence-corrected chi connectivity index (χ0v) is 10.7. The van der Waals surface area contributed by atoms with E-state index in [0.717, 1.165) is 31.5 Å². The van der Waals surface area contributed by atoms with Crippen molar-refractivity contribution in [2.45, 2.75) is 44.7 Å². The molecule has 1 aliphatic heterocycles. The standard InChI is InChI=1S/C14H20FN3/c15-13-11(10-17-12-4-5-12)6-7-16-14(13)18-8-2-1-3-9-18/h6-7,12,17H,1-5,8-10H2. The second-order valence-electron chi connectivity index (χ2n) is 5.31. The molecule has 4 heteroatoms. The first kappa shape index (κ1) is 11.9. The van der Waals surface area contributed by atoms with Gasteiger partial charge in [-0.05, 0) is 38.2 Å². The number of nitrogens with one attached hydrogen (secondary N) is 1. The van der Waals surface area contributed by atoms with E-state index in [-0.39, 0.29) is 5.82 Å². The first-order valence-corrected chi connectivity index (χ1v) is 6.96. The SMILES string of the molecule is Fc1c(CNC2CC2)ccnc1N1CCCCC1. The van der Waals surface area contributed by atoms with Gasteiger partial charge in [0.2, 0.25) is 0 Å². The fraction of sp³-hybridized carbons (Fsp3) is 0.643. The van der Waals surface area contributed by atoms with Crippen molar-refractivity contribution in [3.05, 3.63) is 23.6 Å². The highest BCUT2D eigenvalue weighted by Crippen LogP contribution is 2.24. The van der Waals surface area contributed by atoms with Crippen LogP contribution in [0.4, 0.5) is 10.2 Å². The molecule has 3 rings (SSSR count). The van der Waals surface area contributed by atoms with Crippen LogP contribution in [0.25, 0.3) is 0 Å². The third-order valence-electron chi connectivity index (χ3n) is 3.76. The quantitative estimate of drug-likeness (QED) is 0.888. The number of hydrogen-bond acceptors (Lipinski definition) is 3. The van der Waals surface area contributed by atoms with E-state index in [4.69, 9.17) is 0 Å². The highest BCUT2D eigenvalue weighted by Gasteiger charge is 2.22. The summed E-state index contributed by atoms with van der Waals surface area (Å²) in [7, 11) is 0. The van der Waals surface area contributed by atoms with Gasteiger partial charge in [-0.3, -0.25) is 0 Å². The number of piperidine rings is 1. The van der Waals surface area contributed by atoms with Crippen LogP contribution in [0.3, 0.4) is 0 Å². The molecule has 18 heavy (non-hydrogen) atoms. The van der Waals surface area contributed by atoms with Crippen LogP contribution in [-0.2, 0) is 6.54 Å². The largest absolute Gasteiger partial charge is 0.354 e. The summed E-state index contributed by atoms with van der Waals surface area (Å²) in [5.41, 5.74) is 0.748. The smallest absolute Gasteiger partial charge is 0.170 e. The average molecular weight is 249 g/mol. The molecule has 98 valence electrons. The molecule has 0 aromatic carbocycles. The van der Waals surface area contributed by atoms with Crippen LogP contribution in [0, 0.1) is 5.82 Å². The van der Waals surface area contributed by atoms with Gasteiger partial charge >= 0.3 is 0 Å². The second-order valence-corrected chi connectivity index (χ2v) is 5.31. The average Bonchev–Trinajstić information content (AvgIpc) is 3.23. The van der Waals surface area contributed by atoms with Gasteiger partial charge in [0.25, 0.3) is 0 Å². The van der Waals surface area contributed by atoms with Crippen molar-refractivity contribution in [1.29, 1.82) is 0 Å². The van der Waals surface area contributed by atoms with Crippen LogP contribution in [0.2, 0.25) is 0 Å². The Morgan fingerprint density at radius 1 is 1.28 bits per heavy atom. The minimum absolute atomic E-state index is 0.132. The molecule has 2 heterocycles. The summed E-state index contributed by atoms with van der Waals surface area (Å²) in [4.78, 5) is 6.31. The Bertz CT molecular complexity index is 412. The lowest BCUT2D eigenvalue weighted by molar-refractivity contribution is 0.539. The maximum absolute atomic E-state index is 14.4. The minimum atomic E-state index is -0.132. The predicted molar refractivity (Wildman–Crippen MR) is 70.1 cm³/mol. The molecule has 1 saturated carbocycles. The summed E-state index contributed by atoms with van der Waals surface area (Å²) in [6.45, 7) is 2.49. The molecule has 0 spiro atoms. The molecule has 0 radical (unpaired) electrons. The lowest BCUT2D eigenvalue weighted by Gasteiger charge is -2.28. The van der Waals surface area contributed by atoms with Crippen LogP contribution in [0.5, 0.6) is 0 Å². The van der Waals surface area contributed by atoms with Crippen molar-refractivity contribution < 1.29 is 4.39 Å². The van der Waals surface area contributed by atoms with Crippen molar-refractivity contribution in [1.82, 2.24) is 10.3 Å². The lowest BCUT2D eigenvalue weighted by atomic mass is 10.1. The van der Waals surface area contributed by atoms with Crippen LogP contribution < -0.4 is 10.2 Å². The number of pyridine rings is 1. The lowest BCUT2D eigenvalue weighted by Crippen LogP contribution is -2.31. The van der Waals surface area contributed by atoms with Crippen molar-refractivity contribution in [2.75, 3.05) is 18.0 Å². The molecular formula is C14H20FN3. The first-order chi connectivity index (χ1) is 8.84. The van der Waals surface area contributed by atoms with Gasteiger partial charge in [-0.2, -0.15) is 0 Å². The predicted octanol–water partition coefficient (Wildman–Crippen LogP) is 2.46. The number of hydrogen-bond donors (Lipinski definition) is 1. The Kier molecular flexibility index (Phi) is 3.46. The van der Waals surface area contributed by atoms with E-state index in [1.807, 2.05) is 0 Å². The van der Waals surface area contributed by atoms with Crippen molar-refractivity contribution in [3.63, 3.8) is 0 Å². The van der Waals surface area contributed by atoms with Gasteiger partial charge in [0.15, 0.2) is 11.6 Å². The number of aromatic nitrogens is 1. The Morgan fingerprint density at radius 2 is 2.06 bits per heavy atom. The maximum atomic E-state index is 14.4. The van der Waals surface area contributed by atoms with Gasteiger partial charge in [0.05, 0.1) is 0 Å². The first-order valence-electron chi connectivity index (χ1n) is 6.96. The molecule has 2 fully saturated rings. The molecule has 0 bridgehead atoms. The van der Waals surface area contributed by atoms with Gasteiger partial charge in [-0.25, -0.2) is 9.37 Å². The summed E-state index contributed by atoms with van der Waals surface area (Å²) in [5, 5.41) is 3.36. The number of rotatable bonds is 4. The summed E-state index contributed by atoms with van der Waals surface area (Å²) in [5.74, 6) is 0.414. The fourth-order valence-corrected chi connectivity index (χ4v) is 2.48. The van der Waals surface area contributed by atoms with Gasteiger partial charge in [-0.15, -0.1) is 0 Å². The van der Waals surface area contributed by atoms with Crippen LogP contribution in [0.1, 0.15) is 37.7 Å². The summed E-state index contributed by atoms with van der Waals surface area (Å²) < 4.78 is 14.4. The van der Waals surface area contributed by atoms with E-state index in [1.165, 1.54) is 19.3 Å². The van der Waals surface area contributed by atoms with Gasteiger partial charge in [0.1, 0.15) is 0 Å². The summed E-state index contributed by atoms with van der Waals surface area (Å²) >= 11 is 0. The Balaban J connectivity index is 1.73. The third-order valence-corrected chi connectivity index (χ3v) is 3.76. The van der Waals surface area contributed by atoms with E-state index in [9.17, 15) is 4.39 Å². The highest BCUT2D eigenvalue weighted by atomic mass is 19.1. The molecule has 0 atom stereocenters. The van der Waals surface area contributed by atoms with E-state index in [1.54, 1.807) is 12.3 Å². The van der Waals surface area contributed by atoms with E-state index >= 15 is 0 Å². The number of anilines is 1. The molecule has 0 unspecified atom stereocenters. The number of nitrogens with zero attached hydrogens (tertiary/aromatic N) is 2. The molecule has 0 amide bonds. The van der Waals surface area contributed by atoms with Crippen LogP contribution >= 0.6 is 0 Å². The molecular weight excluding hydrogens is 229 g/mol. The van der Waals surface area contributed by atoms with E-state index < -0.39 is 0 Å². The molecule has 1 aromatic rings. The second kappa shape index (κ2) is 5.22. The third kappa shape index (κ3) is 2.64. The Labute approximate surface area is 107 Å². The Morgan fingerprint density at radius 3 is 2.78 bits per heavy atom. The minimum Gasteiger partial charge on any atom is -0.354 e.